The van der Waals surface area contributed by atoms with Crippen LogP contribution in [0.3, 0.4) is 0 Å². The molecule has 0 amide bonds. The fraction of sp³-hybridized carbons (Fsp3) is 0.571. The predicted molar refractivity (Wildman–Crippen MR) is 75.5 cm³/mol. The second kappa shape index (κ2) is 6.33. The van der Waals surface area contributed by atoms with Gasteiger partial charge in [-0.1, -0.05) is 19.3 Å². The molecule has 0 radical (unpaired) electrons. The quantitative estimate of drug-likeness (QED) is 0.622. The lowest BCUT2D eigenvalue weighted by Crippen LogP contribution is -2.37. The lowest BCUT2D eigenvalue weighted by atomic mass is 9.94. The number of hydrogen-bond donors (Lipinski definition) is 0. The second-order valence-corrected chi connectivity index (χ2v) is 4.98. The molecule has 6 heteroatoms. The summed E-state index contributed by atoms with van der Waals surface area (Å²) in [6.07, 6.45) is 5.92. The van der Waals surface area contributed by atoms with Gasteiger partial charge >= 0.3 is 5.69 Å². The first-order valence-corrected chi connectivity index (χ1v) is 6.99. The molecule has 1 aromatic rings. The molecule has 0 bridgehead atoms. The van der Waals surface area contributed by atoms with Crippen molar-refractivity contribution in [1.29, 1.82) is 5.26 Å². The highest BCUT2D eigenvalue weighted by atomic mass is 16.6. The third kappa shape index (κ3) is 2.87. The summed E-state index contributed by atoms with van der Waals surface area (Å²) in [6, 6.07) is 5.28. The minimum atomic E-state index is -0.563. The van der Waals surface area contributed by atoms with Gasteiger partial charge in [-0.25, -0.2) is 4.98 Å². The van der Waals surface area contributed by atoms with Crippen LogP contribution in [-0.4, -0.2) is 22.5 Å². The molecule has 6 nitrogen and oxygen atoms in total. The SMILES string of the molecule is CCN(c1ccc([N+](=O)[O-])c(C#N)n1)C1CCCCC1. The van der Waals surface area contributed by atoms with E-state index in [0.29, 0.717) is 11.9 Å². The molecule has 1 aliphatic carbocycles. The Labute approximate surface area is 118 Å². The van der Waals surface area contributed by atoms with Crippen molar-refractivity contribution in [3.8, 4) is 6.07 Å². The van der Waals surface area contributed by atoms with Crippen molar-refractivity contribution in [2.75, 3.05) is 11.4 Å². The summed E-state index contributed by atoms with van der Waals surface area (Å²) in [4.78, 5) is 16.6. The predicted octanol–water partition coefficient (Wildman–Crippen LogP) is 3.02. The molecule has 0 atom stereocenters. The van der Waals surface area contributed by atoms with Crippen molar-refractivity contribution in [3.05, 3.63) is 27.9 Å². The van der Waals surface area contributed by atoms with E-state index in [4.69, 9.17) is 5.26 Å². The van der Waals surface area contributed by atoms with E-state index < -0.39 is 4.92 Å². The Morgan fingerprint density at radius 2 is 2.15 bits per heavy atom. The summed E-state index contributed by atoms with van der Waals surface area (Å²) in [7, 11) is 0. The van der Waals surface area contributed by atoms with E-state index in [-0.39, 0.29) is 11.4 Å². The van der Waals surface area contributed by atoms with Gasteiger partial charge in [0.2, 0.25) is 5.69 Å². The zero-order valence-electron chi connectivity index (χ0n) is 11.6. The lowest BCUT2D eigenvalue weighted by molar-refractivity contribution is -0.385. The van der Waals surface area contributed by atoms with E-state index >= 15 is 0 Å². The molecule has 0 aromatic carbocycles. The van der Waals surface area contributed by atoms with Gasteiger partial charge < -0.3 is 4.90 Å². The first-order valence-electron chi connectivity index (χ1n) is 6.99. The zero-order chi connectivity index (χ0) is 14.5. The van der Waals surface area contributed by atoms with E-state index in [9.17, 15) is 10.1 Å². The van der Waals surface area contributed by atoms with Crippen molar-refractivity contribution in [3.63, 3.8) is 0 Å². The van der Waals surface area contributed by atoms with E-state index in [0.717, 1.165) is 19.4 Å². The molecular weight excluding hydrogens is 256 g/mol. The van der Waals surface area contributed by atoms with E-state index in [1.54, 1.807) is 6.07 Å². The monoisotopic (exact) mass is 274 g/mol. The maximum atomic E-state index is 10.8. The molecule has 2 rings (SSSR count). The molecule has 1 saturated carbocycles. The van der Waals surface area contributed by atoms with Gasteiger partial charge in [0.1, 0.15) is 11.9 Å². The number of pyridine rings is 1. The third-order valence-electron chi connectivity index (χ3n) is 3.81. The maximum Gasteiger partial charge on any atom is 0.305 e. The number of anilines is 1. The highest BCUT2D eigenvalue weighted by molar-refractivity contribution is 5.52. The third-order valence-corrected chi connectivity index (χ3v) is 3.81. The van der Waals surface area contributed by atoms with Crippen molar-refractivity contribution < 1.29 is 4.92 Å². The van der Waals surface area contributed by atoms with Gasteiger partial charge in [0.05, 0.1) is 4.92 Å². The summed E-state index contributed by atoms with van der Waals surface area (Å²) < 4.78 is 0. The molecule has 1 aromatic heterocycles. The highest BCUT2D eigenvalue weighted by Crippen LogP contribution is 2.28. The topological polar surface area (TPSA) is 83.1 Å². The molecule has 106 valence electrons. The summed E-state index contributed by atoms with van der Waals surface area (Å²) in [6.45, 7) is 2.84. The summed E-state index contributed by atoms with van der Waals surface area (Å²) in [5, 5.41) is 19.9. The van der Waals surface area contributed by atoms with Crippen LogP contribution >= 0.6 is 0 Å². The van der Waals surface area contributed by atoms with Crippen LogP contribution in [0.25, 0.3) is 0 Å². The molecule has 0 saturated heterocycles. The normalized spacial score (nSPS) is 15.6. The Morgan fingerprint density at radius 1 is 1.45 bits per heavy atom. The number of nitrogens with zero attached hydrogens (tertiary/aromatic N) is 4. The van der Waals surface area contributed by atoms with Crippen LogP contribution < -0.4 is 4.90 Å². The Balaban J connectivity index is 2.30. The number of nitriles is 1. The van der Waals surface area contributed by atoms with Crippen LogP contribution in [0.4, 0.5) is 11.5 Å². The molecule has 1 heterocycles. The molecular formula is C14H18N4O2. The van der Waals surface area contributed by atoms with Crippen LogP contribution in [0.5, 0.6) is 0 Å². The maximum absolute atomic E-state index is 10.8. The smallest absolute Gasteiger partial charge is 0.305 e. The second-order valence-electron chi connectivity index (χ2n) is 4.98. The average molecular weight is 274 g/mol. The minimum absolute atomic E-state index is 0.109. The molecule has 1 aliphatic rings. The van der Waals surface area contributed by atoms with E-state index in [2.05, 4.69) is 9.88 Å². The van der Waals surface area contributed by atoms with Crippen molar-refractivity contribution in [2.45, 2.75) is 45.1 Å². The molecule has 0 unspecified atom stereocenters. The molecule has 0 aliphatic heterocycles. The van der Waals surface area contributed by atoms with E-state index in [1.807, 2.05) is 13.0 Å². The largest absolute Gasteiger partial charge is 0.354 e. The standard InChI is InChI=1S/C14H18N4O2/c1-2-17(11-6-4-3-5-7-11)14-9-8-13(18(19)20)12(10-15)16-14/h8-9,11H,2-7H2,1H3. The first-order chi connectivity index (χ1) is 9.67. The number of rotatable bonds is 4. The Kier molecular flexibility index (Phi) is 4.51. The van der Waals surface area contributed by atoms with Crippen molar-refractivity contribution >= 4 is 11.5 Å². The fourth-order valence-electron chi connectivity index (χ4n) is 2.83. The number of nitro groups is 1. The fourth-order valence-corrected chi connectivity index (χ4v) is 2.83. The van der Waals surface area contributed by atoms with Gasteiger partial charge in [-0.3, -0.25) is 10.1 Å². The van der Waals surface area contributed by atoms with Crippen LogP contribution in [0, 0.1) is 21.4 Å². The highest BCUT2D eigenvalue weighted by Gasteiger charge is 2.23. The first kappa shape index (κ1) is 14.3. The van der Waals surface area contributed by atoms with Gasteiger partial charge in [-0.2, -0.15) is 5.26 Å². The van der Waals surface area contributed by atoms with Gasteiger partial charge in [0.15, 0.2) is 0 Å². The van der Waals surface area contributed by atoms with Crippen molar-refractivity contribution in [1.82, 2.24) is 4.98 Å². The van der Waals surface area contributed by atoms with Gasteiger partial charge in [-0.15, -0.1) is 0 Å². The van der Waals surface area contributed by atoms with Crippen LogP contribution in [0.1, 0.15) is 44.7 Å². The summed E-state index contributed by atoms with van der Waals surface area (Å²) in [5.74, 6) is 0.668. The minimum Gasteiger partial charge on any atom is -0.354 e. The van der Waals surface area contributed by atoms with E-state index in [1.165, 1.54) is 25.3 Å². The molecule has 0 N–H and O–H groups in total. The van der Waals surface area contributed by atoms with Crippen LogP contribution in [0.15, 0.2) is 12.1 Å². The molecule has 0 spiro atoms. The van der Waals surface area contributed by atoms with Crippen LogP contribution in [0.2, 0.25) is 0 Å². The Hall–Kier alpha value is -2.16. The summed E-state index contributed by atoms with van der Waals surface area (Å²) in [5.41, 5.74) is -0.335. The van der Waals surface area contributed by atoms with Gasteiger partial charge in [0, 0.05) is 18.7 Å². The lowest BCUT2D eigenvalue weighted by Gasteiger charge is -2.34. The van der Waals surface area contributed by atoms with Gasteiger partial charge in [-0.05, 0) is 25.8 Å². The van der Waals surface area contributed by atoms with Crippen LogP contribution in [-0.2, 0) is 0 Å². The van der Waals surface area contributed by atoms with Gasteiger partial charge in [0.25, 0.3) is 0 Å². The zero-order valence-corrected chi connectivity index (χ0v) is 11.6. The number of aromatic nitrogens is 1. The average Bonchev–Trinajstić information content (AvgIpc) is 2.48. The van der Waals surface area contributed by atoms with Crippen molar-refractivity contribution in [2.24, 2.45) is 0 Å². The Bertz CT molecular complexity index is 532. The molecule has 20 heavy (non-hydrogen) atoms. The Morgan fingerprint density at radius 3 is 2.70 bits per heavy atom. The number of hydrogen-bond acceptors (Lipinski definition) is 5. The summed E-state index contributed by atoms with van der Waals surface area (Å²) >= 11 is 0. The molecule has 1 fully saturated rings.